The molecule has 0 radical (unpaired) electrons. The molecular weight excluding hydrogens is 302 g/mol. The Bertz CT molecular complexity index is 756. The Morgan fingerprint density at radius 1 is 1.19 bits per heavy atom. The molecule has 1 aromatic carbocycles. The SMILES string of the molecule is CCCNc1nc(Sc2nc(C)ns2)c2ccccc2n1. The molecule has 0 saturated heterocycles. The van der Waals surface area contributed by atoms with Crippen molar-refractivity contribution in [2.45, 2.75) is 29.6 Å². The van der Waals surface area contributed by atoms with E-state index in [2.05, 4.69) is 31.6 Å². The molecule has 0 unspecified atom stereocenters. The van der Waals surface area contributed by atoms with Gasteiger partial charge in [-0.2, -0.15) is 4.37 Å². The fraction of sp³-hybridized carbons (Fsp3) is 0.286. The number of rotatable bonds is 5. The van der Waals surface area contributed by atoms with Gasteiger partial charge in [0.25, 0.3) is 0 Å². The zero-order chi connectivity index (χ0) is 14.7. The van der Waals surface area contributed by atoms with Gasteiger partial charge in [-0.1, -0.05) is 25.1 Å². The van der Waals surface area contributed by atoms with E-state index in [4.69, 9.17) is 0 Å². The largest absolute Gasteiger partial charge is 0.354 e. The van der Waals surface area contributed by atoms with Gasteiger partial charge in [0.05, 0.1) is 5.52 Å². The maximum atomic E-state index is 4.62. The Hall–Kier alpha value is -1.73. The van der Waals surface area contributed by atoms with Crippen LogP contribution in [-0.2, 0) is 0 Å². The maximum absolute atomic E-state index is 4.62. The number of hydrogen-bond acceptors (Lipinski definition) is 7. The summed E-state index contributed by atoms with van der Waals surface area (Å²) in [7, 11) is 0. The van der Waals surface area contributed by atoms with Crippen molar-refractivity contribution >= 4 is 40.1 Å². The minimum Gasteiger partial charge on any atom is -0.354 e. The van der Waals surface area contributed by atoms with E-state index in [1.54, 1.807) is 0 Å². The maximum Gasteiger partial charge on any atom is 0.224 e. The van der Waals surface area contributed by atoms with Crippen LogP contribution in [0.5, 0.6) is 0 Å². The lowest BCUT2D eigenvalue weighted by molar-refractivity contribution is 0.945. The summed E-state index contributed by atoms with van der Waals surface area (Å²) in [5.74, 6) is 1.46. The lowest BCUT2D eigenvalue weighted by Gasteiger charge is -2.08. The summed E-state index contributed by atoms with van der Waals surface area (Å²) in [6.07, 6.45) is 1.04. The number of nitrogens with one attached hydrogen (secondary N) is 1. The number of aryl methyl sites for hydroxylation is 1. The fourth-order valence-corrected chi connectivity index (χ4v) is 3.52. The van der Waals surface area contributed by atoms with Gasteiger partial charge in [-0.25, -0.2) is 15.0 Å². The van der Waals surface area contributed by atoms with Gasteiger partial charge >= 0.3 is 0 Å². The van der Waals surface area contributed by atoms with Crippen molar-refractivity contribution in [1.82, 2.24) is 19.3 Å². The molecule has 0 aliphatic rings. The molecule has 108 valence electrons. The van der Waals surface area contributed by atoms with E-state index >= 15 is 0 Å². The molecule has 5 nitrogen and oxygen atoms in total. The highest BCUT2D eigenvalue weighted by Crippen LogP contribution is 2.33. The number of para-hydroxylation sites is 1. The lowest BCUT2D eigenvalue weighted by Crippen LogP contribution is -2.05. The van der Waals surface area contributed by atoms with E-state index < -0.39 is 0 Å². The van der Waals surface area contributed by atoms with E-state index in [9.17, 15) is 0 Å². The van der Waals surface area contributed by atoms with Crippen molar-refractivity contribution < 1.29 is 0 Å². The second-order valence-corrected chi connectivity index (χ2v) is 6.49. The highest BCUT2D eigenvalue weighted by molar-refractivity contribution is 8.01. The van der Waals surface area contributed by atoms with Gasteiger partial charge in [-0.15, -0.1) is 0 Å². The summed E-state index contributed by atoms with van der Waals surface area (Å²) < 4.78 is 5.12. The number of benzene rings is 1. The van der Waals surface area contributed by atoms with Gasteiger partial charge in [-0.05, 0) is 42.7 Å². The Balaban J connectivity index is 2.01. The minimum atomic E-state index is 0.666. The third-order valence-corrected chi connectivity index (χ3v) is 4.64. The zero-order valence-corrected chi connectivity index (χ0v) is 13.5. The standard InChI is InChI=1S/C14H15N5S2/c1-3-8-15-13-17-11-7-5-4-6-10(11)12(18-13)20-14-16-9(2)19-21-14/h4-7H,3,8H2,1-2H3,(H,15,17,18). The van der Waals surface area contributed by atoms with Crippen LogP contribution in [0.2, 0.25) is 0 Å². The quantitative estimate of drug-likeness (QED) is 0.723. The smallest absolute Gasteiger partial charge is 0.224 e. The molecule has 0 atom stereocenters. The van der Waals surface area contributed by atoms with Crippen LogP contribution >= 0.6 is 23.3 Å². The molecule has 0 fully saturated rings. The Labute approximate surface area is 131 Å². The molecule has 0 saturated carbocycles. The molecule has 0 aliphatic carbocycles. The van der Waals surface area contributed by atoms with Crippen molar-refractivity contribution in [2.24, 2.45) is 0 Å². The van der Waals surface area contributed by atoms with Crippen LogP contribution in [0, 0.1) is 6.92 Å². The highest BCUT2D eigenvalue weighted by Gasteiger charge is 2.11. The zero-order valence-electron chi connectivity index (χ0n) is 11.8. The van der Waals surface area contributed by atoms with Gasteiger partial charge < -0.3 is 5.32 Å². The normalized spacial score (nSPS) is 11.0. The van der Waals surface area contributed by atoms with Crippen LogP contribution < -0.4 is 5.32 Å². The van der Waals surface area contributed by atoms with Crippen LogP contribution in [0.3, 0.4) is 0 Å². The molecule has 2 aromatic heterocycles. The molecule has 1 N–H and O–H groups in total. The first-order valence-corrected chi connectivity index (χ1v) is 8.34. The molecule has 0 amide bonds. The molecule has 0 spiro atoms. The summed E-state index contributed by atoms with van der Waals surface area (Å²) in [4.78, 5) is 13.6. The lowest BCUT2D eigenvalue weighted by atomic mass is 10.2. The van der Waals surface area contributed by atoms with E-state index in [1.165, 1.54) is 23.3 Å². The number of hydrogen-bond donors (Lipinski definition) is 1. The Morgan fingerprint density at radius 2 is 2.05 bits per heavy atom. The fourth-order valence-electron chi connectivity index (χ4n) is 1.84. The molecular formula is C14H15N5S2. The second kappa shape index (κ2) is 6.36. The van der Waals surface area contributed by atoms with E-state index in [1.807, 2.05) is 31.2 Å². The van der Waals surface area contributed by atoms with Crippen molar-refractivity contribution in [3.63, 3.8) is 0 Å². The summed E-state index contributed by atoms with van der Waals surface area (Å²) in [5.41, 5.74) is 0.940. The van der Waals surface area contributed by atoms with Crippen LogP contribution in [0.15, 0.2) is 33.6 Å². The van der Waals surface area contributed by atoms with Crippen LogP contribution in [0.4, 0.5) is 5.95 Å². The number of aromatic nitrogens is 4. The van der Waals surface area contributed by atoms with Gasteiger partial charge in [-0.3, -0.25) is 0 Å². The van der Waals surface area contributed by atoms with Gasteiger partial charge in [0.1, 0.15) is 10.9 Å². The topological polar surface area (TPSA) is 63.6 Å². The van der Waals surface area contributed by atoms with Crippen molar-refractivity contribution in [1.29, 1.82) is 0 Å². The van der Waals surface area contributed by atoms with E-state index in [0.717, 1.165) is 39.1 Å². The first-order valence-electron chi connectivity index (χ1n) is 6.75. The highest BCUT2D eigenvalue weighted by atomic mass is 32.2. The summed E-state index contributed by atoms with van der Waals surface area (Å²) in [6.45, 7) is 4.88. The van der Waals surface area contributed by atoms with Crippen molar-refractivity contribution in [3.05, 3.63) is 30.1 Å². The van der Waals surface area contributed by atoms with Crippen LogP contribution in [-0.4, -0.2) is 25.9 Å². The van der Waals surface area contributed by atoms with E-state index in [-0.39, 0.29) is 0 Å². The summed E-state index contributed by atoms with van der Waals surface area (Å²) >= 11 is 2.94. The third kappa shape index (κ3) is 3.30. The molecule has 0 bridgehead atoms. The first-order chi connectivity index (χ1) is 10.3. The summed E-state index contributed by atoms with van der Waals surface area (Å²) in [5, 5.41) is 5.20. The van der Waals surface area contributed by atoms with Crippen LogP contribution in [0.25, 0.3) is 10.9 Å². The van der Waals surface area contributed by atoms with E-state index in [0.29, 0.717) is 5.95 Å². The predicted molar refractivity (Wildman–Crippen MR) is 87.1 cm³/mol. The number of nitrogens with zero attached hydrogens (tertiary/aromatic N) is 4. The Morgan fingerprint density at radius 3 is 2.81 bits per heavy atom. The molecule has 7 heteroatoms. The molecule has 2 heterocycles. The number of anilines is 1. The van der Waals surface area contributed by atoms with Crippen LogP contribution in [0.1, 0.15) is 19.2 Å². The average Bonchev–Trinajstić information content (AvgIpc) is 2.90. The van der Waals surface area contributed by atoms with Gasteiger partial charge in [0, 0.05) is 11.9 Å². The monoisotopic (exact) mass is 317 g/mol. The average molecular weight is 317 g/mol. The van der Waals surface area contributed by atoms with Crippen molar-refractivity contribution in [2.75, 3.05) is 11.9 Å². The van der Waals surface area contributed by atoms with Gasteiger partial charge in [0.15, 0.2) is 4.34 Å². The predicted octanol–water partition coefficient (Wildman–Crippen LogP) is 3.76. The molecule has 21 heavy (non-hydrogen) atoms. The number of fused-ring (bicyclic) bond motifs is 1. The summed E-state index contributed by atoms with van der Waals surface area (Å²) in [6, 6.07) is 8.03. The Kier molecular flexibility index (Phi) is 4.31. The molecule has 3 aromatic rings. The van der Waals surface area contributed by atoms with Gasteiger partial charge in [0.2, 0.25) is 5.95 Å². The molecule has 3 rings (SSSR count). The third-order valence-electron chi connectivity index (χ3n) is 2.79. The minimum absolute atomic E-state index is 0.666. The van der Waals surface area contributed by atoms with Crippen molar-refractivity contribution in [3.8, 4) is 0 Å². The molecule has 0 aliphatic heterocycles. The second-order valence-electron chi connectivity index (χ2n) is 4.51. The first kappa shape index (κ1) is 14.2.